The lowest BCUT2D eigenvalue weighted by molar-refractivity contribution is -0.131. The summed E-state index contributed by atoms with van der Waals surface area (Å²) < 4.78 is 21.1. The Balaban J connectivity index is 3.53. The van der Waals surface area contributed by atoms with E-state index in [1.165, 1.54) is 17.2 Å². The average Bonchev–Trinajstić information content (AvgIpc) is 1.83. The van der Waals surface area contributed by atoms with E-state index in [1.807, 2.05) is 0 Å². The van der Waals surface area contributed by atoms with Crippen molar-refractivity contribution in [1.82, 2.24) is 0 Å². The van der Waals surface area contributed by atoms with Crippen molar-refractivity contribution in [2.24, 2.45) is 0 Å². The van der Waals surface area contributed by atoms with Gasteiger partial charge in [0, 0.05) is 18.1 Å². The SMILES string of the molecule is CS(=O)(=O)CCSC=CC(=O)O. The number of thioether (sulfide) groups is 1. The second-order valence-electron chi connectivity index (χ2n) is 2.14. The van der Waals surface area contributed by atoms with Crippen molar-refractivity contribution in [3.8, 4) is 0 Å². The summed E-state index contributed by atoms with van der Waals surface area (Å²) in [6.07, 6.45) is 2.13. The van der Waals surface area contributed by atoms with Gasteiger partial charge in [0.15, 0.2) is 0 Å². The molecule has 70 valence electrons. The Morgan fingerprint density at radius 2 is 2.17 bits per heavy atom. The zero-order valence-corrected chi connectivity index (χ0v) is 8.19. The summed E-state index contributed by atoms with van der Waals surface area (Å²) in [4.78, 5) is 9.94. The maximum Gasteiger partial charge on any atom is 0.328 e. The lowest BCUT2D eigenvalue weighted by atomic mass is 10.7. The molecule has 1 N–H and O–H groups in total. The van der Waals surface area contributed by atoms with E-state index in [2.05, 4.69) is 0 Å². The van der Waals surface area contributed by atoms with Gasteiger partial charge in [-0.3, -0.25) is 0 Å². The normalized spacial score (nSPS) is 12.1. The maximum atomic E-state index is 10.6. The van der Waals surface area contributed by atoms with Gasteiger partial charge in [0.25, 0.3) is 0 Å². The predicted molar refractivity (Wildman–Crippen MR) is 48.9 cm³/mol. The highest BCUT2D eigenvalue weighted by molar-refractivity contribution is 8.03. The molecule has 0 aliphatic heterocycles. The molecule has 0 unspecified atom stereocenters. The van der Waals surface area contributed by atoms with Crippen LogP contribution in [-0.4, -0.2) is 37.3 Å². The van der Waals surface area contributed by atoms with Crippen molar-refractivity contribution in [2.45, 2.75) is 0 Å². The number of sulfone groups is 1. The number of hydrogen-bond donors (Lipinski definition) is 1. The molecular formula is C6H10O4S2. The molecule has 0 aromatic rings. The van der Waals surface area contributed by atoms with E-state index in [-0.39, 0.29) is 5.75 Å². The standard InChI is InChI=1S/C6H10O4S2/c1-12(9,10)5-4-11-3-2-6(7)8/h2-3H,4-5H2,1H3,(H,7,8). The highest BCUT2D eigenvalue weighted by Gasteiger charge is 1.99. The van der Waals surface area contributed by atoms with E-state index in [4.69, 9.17) is 5.11 Å². The number of carbonyl (C=O) groups is 1. The second kappa shape index (κ2) is 5.21. The minimum Gasteiger partial charge on any atom is -0.478 e. The summed E-state index contributed by atoms with van der Waals surface area (Å²) in [7, 11) is -2.93. The van der Waals surface area contributed by atoms with Gasteiger partial charge in [-0.15, -0.1) is 11.8 Å². The molecule has 0 amide bonds. The van der Waals surface area contributed by atoms with Crippen LogP contribution in [0.15, 0.2) is 11.5 Å². The highest BCUT2D eigenvalue weighted by atomic mass is 32.2. The molecule has 0 rings (SSSR count). The van der Waals surface area contributed by atoms with Crippen molar-refractivity contribution in [3.05, 3.63) is 11.5 Å². The third-order valence-corrected chi connectivity index (χ3v) is 2.85. The molecule has 0 spiro atoms. The Bertz CT molecular complexity index is 265. The molecule has 0 radical (unpaired) electrons. The van der Waals surface area contributed by atoms with Crippen molar-refractivity contribution in [2.75, 3.05) is 17.8 Å². The van der Waals surface area contributed by atoms with Crippen molar-refractivity contribution < 1.29 is 18.3 Å². The van der Waals surface area contributed by atoms with Crippen LogP contribution in [0.2, 0.25) is 0 Å². The van der Waals surface area contributed by atoms with Crippen LogP contribution in [0.3, 0.4) is 0 Å². The summed E-state index contributed by atoms with van der Waals surface area (Å²) in [5, 5.41) is 9.52. The largest absolute Gasteiger partial charge is 0.478 e. The third-order valence-electron chi connectivity index (χ3n) is 0.879. The van der Waals surface area contributed by atoms with Crippen LogP contribution in [0.1, 0.15) is 0 Å². The Morgan fingerprint density at radius 1 is 1.58 bits per heavy atom. The molecule has 12 heavy (non-hydrogen) atoms. The topological polar surface area (TPSA) is 71.4 Å². The first-order valence-corrected chi connectivity index (χ1v) is 6.21. The Morgan fingerprint density at radius 3 is 2.58 bits per heavy atom. The quantitative estimate of drug-likeness (QED) is 0.524. The maximum absolute atomic E-state index is 10.6. The summed E-state index contributed by atoms with van der Waals surface area (Å²) in [5.74, 6) is -0.564. The van der Waals surface area contributed by atoms with Crippen LogP contribution in [-0.2, 0) is 14.6 Å². The van der Waals surface area contributed by atoms with Crippen molar-refractivity contribution >= 4 is 27.6 Å². The van der Waals surface area contributed by atoms with E-state index in [9.17, 15) is 13.2 Å². The zero-order valence-electron chi connectivity index (χ0n) is 6.56. The van der Waals surface area contributed by atoms with E-state index < -0.39 is 15.8 Å². The van der Waals surface area contributed by atoms with Gasteiger partial charge < -0.3 is 5.11 Å². The number of carboxylic acid groups (broad SMARTS) is 1. The van der Waals surface area contributed by atoms with Crippen LogP contribution in [0.4, 0.5) is 0 Å². The molecule has 0 heterocycles. The van der Waals surface area contributed by atoms with Gasteiger partial charge in [-0.2, -0.15) is 0 Å². The van der Waals surface area contributed by atoms with Gasteiger partial charge >= 0.3 is 5.97 Å². The molecule has 0 aliphatic carbocycles. The molecule has 0 aromatic heterocycles. The fourth-order valence-corrected chi connectivity index (χ4v) is 2.32. The summed E-state index contributed by atoms with van der Waals surface area (Å²) in [6, 6.07) is 0. The third kappa shape index (κ3) is 9.51. The molecule has 0 aliphatic rings. The molecule has 0 fully saturated rings. The van der Waals surface area contributed by atoms with E-state index in [0.29, 0.717) is 5.75 Å². The van der Waals surface area contributed by atoms with Crippen LogP contribution >= 0.6 is 11.8 Å². The van der Waals surface area contributed by atoms with E-state index in [0.717, 1.165) is 12.3 Å². The predicted octanol–water partition coefficient (Wildman–Crippen LogP) is 0.362. The summed E-state index contributed by atoms with van der Waals surface area (Å²) in [6.45, 7) is 0. The first-order valence-electron chi connectivity index (χ1n) is 3.10. The fourth-order valence-electron chi connectivity index (χ4n) is 0.374. The molecule has 4 nitrogen and oxygen atoms in total. The van der Waals surface area contributed by atoms with Crippen molar-refractivity contribution in [3.63, 3.8) is 0 Å². The Kier molecular flexibility index (Phi) is 5.00. The minimum atomic E-state index is -2.93. The molecular weight excluding hydrogens is 200 g/mol. The minimum absolute atomic E-state index is 0.0711. The molecule has 0 saturated heterocycles. The van der Waals surface area contributed by atoms with Gasteiger partial charge in [-0.05, 0) is 5.41 Å². The number of aliphatic carboxylic acids is 1. The number of rotatable bonds is 5. The second-order valence-corrected chi connectivity index (χ2v) is 5.42. The molecule has 0 aromatic carbocycles. The number of carboxylic acids is 1. The summed E-state index contributed by atoms with van der Waals surface area (Å²) in [5.41, 5.74) is 0. The van der Waals surface area contributed by atoms with Gasteiger partial charge in [-0.1, -0.05) is 0 Å². The average molecular weight is 210 g/mol. The molecule has 0 saturated carbocycles. The van der Waals surface area contributed by atoms with Crippen LogP contribution in [0.25, 0.3) is 0 Å². The Hall–Kier alpha value is -0.490. The van der Waals surface area contributed by atoms with Gasteiger partial charge in [0.1, 0.15) is 9.84 Å². The van der Waals surface area contributed by atoms with E-state index >= 15 is 0 Å². The molecule has 0 atom stereocenters. The van der Waals surface area contributed by atoms with Gasteiger partial charge in [-0.25, -0.2) is 13.2 Å². The highest BCUT2D eigenvalue weighted by Crippen LogP contribution is 2.02. The van der Waals surface area contributed by atoms with Crippen LogP contribution in [0.5, 0.6) is 0 Å². The lowest BCUT2D eigenvalue weighted by Gasteiger charge is -1.92. The zero-order chi connectivity index (χ0) is 9.61. The van der Waals surface area contributed by atoms with Crippen LogP contribution < -0.4 is 0 Å². The fraction of sp³-hybridized carbons (Fsp3) is 0.500. The monoisotopic (exact) mass is 210 g/mol. The smallest absolute Gasteiger partial charge is 0.328 e. The first kappa shape index (κ1) is 11.5. The Labute approximate surface area is 75.6 Å². The lowest BCUT2D eigenvalue weighted by Crippen LogP contribution is -2.04. The van der Waals surface area contributed by atoms with Crippen LogP contribution in [0, 0.1) is 0 Å². The molecule has 0 bridgehead atoms. The molecule has 6 heteroatoms. The van der Waals surface area contributed by atoms with Crippen molar-refractivity contribution in [1.29, 1.82) is 0 Å². The first-order chi connectivity index (χ1) is 5.42. The van der Waals surface area contributed by atoms with Gasteiger partial charge in [0.2, 0.25) is 0 Å². The van der Waals surface area contributed by atoms with E-state index in [1.54, 1.807) is 0 Å². The van der Waals surface area contributed by atoms with Gasteiger partial charge in [0.05, 0.1) is 5.75 Å². The summed E-state index contributed by atoms with van der Waals surface area (Å²) >= 11 is 1.17. The number of hydrogen-bond acceptors (Lipinski definition) is 4.